The summed E-state index contributed by atoms with van der Waals surface area (Å²) in [4.78, 5) is 12.7. The molecule has 3 rings (SSSR count). The van der Waals surface area contributed by atoms with Crippen molar-refractivity contribution in [3.8, 4) is 34.3 Å². The zero-order valence-electron chi connectivity index (χ0n) is 12.5. The Hall–Kier alpha value is -3.15. The standard InChI is InChI=1S/C17H14O6/c1-21-12-8-7-11(19)13-14(20)17(22-2)15(23-16(12)13)9-3-5-10(18)6-4-9/h3-8,18-19H,1-2H3. The van der Waals surface area contributed by atoms with Crippen LogP contribution in [-0.4, -0.2) is 24.4 Å². The summed E-state index contributed by atoms with van der Waals surface area (Å²) in [7, 11) is 2.79. The van der Waals surface area contributed by atoms with E-state index in [-0.39, 0.29) is 34.0 Å². The number of aromatic hydroxyl groups is 2. The van der Waals surface area contributed by atoms with Crippen LogP contribution in [0.5, 0.6) is 23.0 Å². The number of hydrogen-bond donors (Lipinski definition) is 2. The summed E-state index contributed by atoms with van der Waals surface area (Å²) in [6.45, 7) is 0. The summed E-state index contributed by atoms with van der Waals surface area (Å²) < 4.78 is 16.2. The maximum atomic E-state index is 12.7. The molecule has 6 nitrogen and oxygen atoms in total. The third-order valence-electron chi connectivity index (χ3n) is 3.50. The van der Waals surface area contributed by atoms with Crippen molar-refractivity contribution in [3.63, 3.8) is 0 Å². The molecule has 118 valence electrons. The van der Waals surface area contributed by atoms with Crippen molar-refractivity contribution in [1.82, 2.24) is 0 Å². The lowest BCUT2D eigenvalue weighted by molar-refractivity contribution is 0.389. The van der Waals surface area contributed by atoms with Gasteiger partial charge in [-0.15, -0.1) is 0 Å². The van der Waals surface area contributed by atoms with Crippen LogP contribution in [-0.2, 0) is 0 Å². The Bertz CT molecular complexity index is 924. The molecule has 0 aliphatic heterocycles. The molecule has 6 heteroatoms. The first-order chi connectivity index (χ1) is 11.1. The SMILES string of the molecule is COc1c(-c2ccc(O)cc2)oc2c(OC)ccc(O)c2c1=O. The number of benzene rings is 2. The van der Waals surface area contributed by atoms with Crippen LogP contribution in [0, 0.1) is 0 Å². The first-order valence-corrected chi connectivity index (χ1v) is 6.77. The van der Waals surface area contributed by atoms with E-state index < -0.39 is 5.43 Å². The number of rotatable bonds is 3. The van der Waals surface area contributed by atoms with Gasteiger partial charge in [0.1, 0.15) is 16.9 Å². The Kier molecular flexibility index (Phi) is 3.57. The zero-order valence-corrected chi connectivity index (χ0v) is 12.5. The molecule has 0 bridgehead atoms. The number of ether oxygens (including phenoxy) is 2. The second-order valence-electron chi connectivity index (χ2n) is 4.83. The summed E-state index contributed by atoms with van der Waals surface area (Å²) in [5.74, 6) is 0.342. The summed E-state index contributed by atoms with van der Waals surface area (Å²) >= 11 is 0. The second-order valence-corrected chi connectivity index (χ2v) is 4.83. The van der Waals surface area contributed by atoms with E-state index in [0.717, 1.165) is 0 Å². The Balaban J connectivity index is 2.43. The van der Waals surface area contributed by atoms with Crippen molar-refractivity contribution in [2.75, 3.05) is 14.2 Å². The van der Waals surface area contributed by atoms with Crippen molar-refractivity contribution in [2.45, 2.75) is 0 Å². The highest BCUT2D eigenvalue weighted by Crippen LogP contribution is 2.37. The second kappa shape index (κ2) is 5.57. The average Bonchev–Trinajstić information content (AvgIpc) is 2.55. The summed E-state index contributed by atoms with van der Waals surface area (Å²) in [6, 6.07) is 9.00. The first-order valence-electron chi connectivity index (χ1n) is 6.77. The Morgan fingerprint density at radius 2 is 1.65 bits per heavy atom. The molecular weight excluding hydrogens is 300 g/mol. The molecule has 0 atom stereocenters. The minimum absolute atomic E-state index is 0.0104. The van der Waals surface area contributed by atoms with Gasteiger partial charge in [0.05, 0.1) is 14.2 Å². The van der Waals surface area contributed by atoms with Gasteiger partial charge in [-0.1, -0.05) is 0 Å². The molecule has 0 spiro atoms. The van der Waals surface area contributed by atoms with Crippen LogP contribution in [0.15, 0.2) is 45.6 Å². The van der Waals surface area contributed by atoms with Crippen LogP contribution in [0.2, 0.25) is 0 Å². The van der Waals surface area contributed by atoms with Gasteiger partial charge in [-0.25, -0.2) is 0 Å². The van der Waals surface area contributed by atoms with Crippen LogP contribution in [0.25, 0.3) is 22.3 Å². The highest BCUT2D eigenvalue weighted by molar-refractivity contribution is 5.91. The predicted molar refractivity (Wildman–Crippen MR) is 84.4 cm³/mol. The highest BCUT2D eigenvalue weighted by Gasteiger charge is 2.21. The molecule has 0 radical (unpaired) electrons. The van der Waals surface area contributed by atoms with Gasteiger partial charge >= 0.3 is 0 Å². The molecule has 2 aromatic carbocycles. The van der Waals surface area contributed by atoms with Gasteiger partial charge in [0, 0.05) is 5.56 Å². The van der Waals surface area contributed by atoms with Crippen molar-refractivity contribution in [2.24, 2.45) is 0 Å². The summed E-state index contributed by atoms with van der Waals surface area (Å²) in [5, 5.41) is 19.4. The zero-order chi connectivity index (χ0) is 16.6. The van der Waals surface area contributed by atoms with E-state index in [1.807, 2.05) is 0 Å². The average molecular weight is 314 g/mol. The summed E-state index contributed by atoms with van der Waals surface area (Å²) in [6.07, 6.45) is 0. The van der Waals surface area contributed by atoms with E-state index in [4.69, 9.17) is 13.9 Å². The Morgan fingerprint density at radius 1 is 0.957 bits per heavy atom. The number of phenols is 2. The molecule has 0 aliphatic rings. The fraction of sp³-hybridized carbons (Fsp3) is 0.118. The highest BCUT2D eigenvalue weighted by atomic mass is 16.5. The minimum Gasteiger partial charge on any atom is -0.508 e. The van der Waals surface area contributed by atoms with Crippen LogP contribution in [0.3, 0.4) is 0 Å². The maximum Gasteiger partial charge on any atom is 0.239 e. The normalized spacial score (nSPS) is 10.7. The summed E-state index contributed by atoms with van der Waals surface area (Å²) in [5.41, 5.74) is 0.165. The molecule has 0 fully saturated rings. The number of hydrogen-bond acceptors (Lipinski definition) is 6. The van der Waals surface area contributed by atoms with Crippen LogP contribution in [0.4, 0.5) is 0 Å². The topological polar surface area (TPSA) is 89.1 Å². The van der Waals surface area contributed by atoms with E-state index in [2.05, 4.69) is 0 Å². The molecular formula is C17H14O6. The molecule has 0 amide bonds. The van der Waals surface area contributed by atoms with E-state index in [1.54, 1.807) is 12.1 Å². The molecule has 0 saturated heterocycles. The van der Waals surface area contributed by atoms with Crippen molar-refractivity contribution < 1.29 is 24.1 Å². The van der Waals surface area contributed by atoms with Crippen molar-refractivity contribution in [1.29, 1.82) is 0 Å². The van der Waals surface area contributed by atoms with Crippen LogP contribution < -0.4 is 14.9 Å². The first kappa shape index (κ1) is 14.8. The smallest absolute Gasteiger partial charge is 0.239 e. The van der Waals surface area contributed by atoms with Gasteiger partial charge in [0.2, 0.25) is 11.2 Å². The van der Waals surface area contributed by atoms with Gasteiger partial charge in [0.15, 0.2) is 17.1 Å². The fourth-order valence-corrected chi connectivity index (χ4v) is 2.39. The van der Waals surface area contributed by atoms with Gasteiger partial charge < -0.3 is 24.1 Å². The number of fused-ring (bicyclic) bond motifs is 1. The van der Waals surface area contributed by atoms with E-state index >= 15 is 0 Å². The van der Waals surface area contributed by atoms with Crippen molar-refractivity contribution in [3.05, 3.63) is 46.6 Å². The molecule has 0 saturated carbocycles. The van der Waals surface area contributed by atoms with Gasteiger partial charge in [-0.05, 0) is 36.4 Å². The lowest BCUT2D eigenvalue weighted by Gasteiger charge is -2.11. The van der Waals surface area contributed by atoms with Gasteiger partial charge in [-0.3, -0.25) is 4.79 Å². The molecule has 0 unspecified atom stereocenters. The lowest BCUT2D eigenvalue weighted by Crippen LogP contribution is -2.08. The molecule has 3 aromatic rings. The van der Waals surface area contributed by atoms with Crippen molar-refractivity contribution >= 4 is 11.0 Å². The quantitative estimate of drug-likeness (QED) is 0.772. The third kappa shape index (κ3) is 2.34. The van der Waals surface area contributed by atoms with Gasteiger partial charge in [0.25, 0.3) is 0 Å². The molecule has 0 aliphatic carbocycles. The maximum absolute atomic E-state index is 12.7. The number of phenolic OH excluding ortho intramolecular Hbond substituents is 2. The predicted octanol–water partition coefficient (Wildman–Crippen LogP) is 2.89. The number of methoxy groups -OCH3 is 2. The molecule has 23 heavy (non-hydrogen) atoms. The van der Waals surface area contributed by atoms with E-state index in [1.165, 1.54) is 38.5 Å². The molecule has 2 N–H and O–H groups in total. The third-order valence-corrected chi connectivity index (χ3v) is 3.50. The van der Waals surface area contributed by atoms with Crippen LogP contribution in [0.1, 0.15) is 0 Å². The molecule has 1 aromatic heterocycles. The lowest BCUT2D eigenvalue weighted by atomic mass is 10.1. The van der Waals surface area contributed by atoms with E-state index in [0.29, 0.717) is 11.3 Å². The van der Waals surface area contributed by atoms with E-state index in [9.17, 15) is 15.0 Å². The fourth-order valence-electron chi connectivity index (χ4n) is 2.39. The Morgan fingerprint density at radius 3 is 2.26 bits per heavy atom. The monoisotopic (exact) mass is 314 g/mol. The Labute approximate surface area is 131 Å². The largest absolute Gasteiger partial charge is 0.508 e. The van der Waals surface area contributed by atoms with Gasteiger partial charge in [-0.2, -0.15) is 0 Å². The minimum atomic E-state index is -0.506. The van der Waals surface area contributed by atoms with Crippen LogP contribution >= 0.6 is 0 Å². The molecule has 1 heterocycles.